The van der Waals surface area contributed by atoms with Crippen LogP contribution in [-0.2, 0) is 0 Å². The van der Waals surface area contributed by atoms with E-state index in [9.17, 15) is 0 Å². The van der Waals surface area contributed by atoms with Crippen molar-refractivity contribution in [3.05, 3.63) is 36.7 Å². The molecule has 0 spiro atoms. The van der Waals surface area contributed by atoms with Crippen LogP contribution in [0.3, 0.4) is 0 Å². The summed E-state index contributed by atoms with van der Waals surface area (Å²) in [6.45, 7) is 2.86. The standard InChI is InChI=1S/C15H19N3O/c1-2-3-4-8-11-19-15-17-12-16-14(18-15)13-9-6-5-7-10-13/h5-7,9-10,12H,2-4,8,11H2,1H3. The zero-order chi connectivity index (χ0) is 13.3. The van der Waals surface area contributed by atoms with Crippen molar-refractivity contribution in [1.82, 2.24) is 15.0 Å². The van der Waals surface area contributed by atoms with Crippen LogP contribution in [-0.4, -0.2) is 21.6 Å². The van der Waals surface area contributed by atoms with Crippen LogP contribution in [0.15, 0.2) is 36.7 Å². The first-order chi connectivity index (χ1) is 9.40. The predicted octanol–water partition coefficient (Wildman–Crippen LogP) is 3.50. The van der Waals surface area contributed by atoms with Crippen LogP contribution < -0.4 is 4.74 Å². The van der Waals surface area contributed by atoms with Gasteiger partial charge in [-0.2, -0.15) is 9.97 Å². The van der Waals surface area contributed by atoms with Gasteiger partial charge in [0.2, 0.25) is 0 Å². The molecule has 1 aromatic carbocycles. The van der Waals surface area contributed by atoms with Gasteiger partial charge in [0.25, 0.3) is 0 Å². The zero-order valence-electron chi connectivity index (χ0n) is 11.2. The zero-order valence-corrected chi connectivity index (χ0v) is 11.2. The minimum Gasteiger partial charge on any atom is -0.463 e. The summed E-state index contributed by atoms with van der Waals surface area (Å²) in [6.07, 6.45) is 6.20. The summed E-state index contributed by atoms with van der Waals surface area (Å²) in [7, 11) is 0. The summed E-state index contributed by atoms with van der Waals surface area (Å²) < 4.78 is 5.55. The number of benzene rings is 1. The fourth-order valence-electron chi connectivity index (χ4n) is 1.77. The molecule has 0 aliphatic carbocycles. The third-order valence-electron chi connectivity index (χ3n) is 2.81. The third kappa shape index (κ3) is 4.32. The Balaban J connectivity index is 1.92. The van der Waals surface area contributed by atoms with Crippen molar-refractivity contribution in [3.8, 4) is 17.4 Å². The van der Waals surface area contributed by atoms with Crippen molar-refractivity contribution >= 4 is 0 Å². The second-order valence-electron chi connectivity index (χ2n) is 4.37. The lowest BCUT2D eigenvalue weighted by molar-refractivity contribution is 0.281. The second kappa shape index (κ2) is 7.46. The molecular formula is C15H19N3O. The normalized spacial score (nSPS) is 10.4. The minimum atomic E-state index is 0.408. The van der Waals surface area contributed by atoms with Crippen LogP contribution in [0.1, 0.15) is 32.6 Å². The van der Waals surface area contributed by atoms with Crippen LogP contribution in [0.5, 0.6) is 6.01 Å². The van der Waals surface area contributed by atoms with Gasteiger partial charge in [-0.3, -0.25) is 0 Å². The van der Waals surface area contributed by atoms with Crippen molar-refractivity contribution in [2.45, 2.75) is 32.6 Å². The Hall–Kier alpha value is -1.97. The number of rotatable bonds is 7. The van der Waals surface area contributed by atoms with Gasteiger partial charge >= 0.3 is 6.01 Å². The summed E-state index contributed by atoms with van der Waals surface area (Å²) >= 11 is 0. The van der Waals surface area contributed by atoms with Gasteiger partial charge in [0.1, 0.15) is 6.33 Å². The fraction of sp³-hybridized carbons (Fsp3) is 0.400. The molecule has 0 unspecified atom stereocenters. The van der Waals surface area contributed by atoms with Gasteiger partial charge in [0, 0.05) is 5.56 Å². The summed E-state index contributed by atoms with van der Waals surface area (Å²) in [5.74, 6) is 0.652. The molecule has 0 atom stereocenters. The Morgan fingerprint density at radius 3 is 2.63 bits per heavy atom. The van der Waals surface area contributed by atoms with E-state index in [0.29, 0.717) is 18.4 Å². The van der Waals surface area contributed by atoms with E-state index in [1.165, 1.54) is 25.6 Å². The largest absolute Gasteiger partial charge is 0.463 e. The molecule has 19 heavy (non-hydrogen) atoms. The summed E-state index contributed by atoms with van der Waals surface area (Å²) in [5.41, 5.74) is 0.973. The monoisotopic (exact) mass is 257 g/mol. The summed E-state index contributed by atoms with van der Waals surface area (Å²) in [5, 5.41) is 0. The van der Waals surface area contributed by atoms with Crippen molar-refractivity contribution in [1.29, 1.82) is 0 Å². The molecule has 4 heteroatoms. The Morgan fingerprint density at radius 1 is 1.00 bits per heavy atom. The molecular weight excluding hydrogens is 238 g/mol. The lowest BCUT2D eigenvalue weighted by Gasteiger charge is -2.05. The number of aromatic nitrogens is 3. The number of hydrogen-bond donors (Lipinski definition) is 0. The maximum Gasteiger partial charge on any atom is 0.319 e. The van der Waals surface area contributed by atoms with E-state index >= 15 is 0 Å². The highest BCUT2D eigenvalue weighted by molar-refractivity contribution is 5.54. The first-order valence-corrected chi connectivity index (χ1v) is 6.77. The Labute approximate surface area is 113 Å². The van der Waals surface area contributed by atoms with Crippen LogP contribution in [0.25, 0.3) is 11.4 Å². The molecule has 0 bridgehead atoms. The first kappa shape index (κ1) is 13.5. The maximum absolute atomic E-state index is 5.55. The SMILES string of the molecule is CCCCCCOc1ncnc(-c2ccccc2)n1. The highest BCUT2D eigenvalue weighted by atomic mass is 16.5. The topological polar surface area (TPSA) is 47.9 Å². The molecule has 0 saturated heterocycles. The van der Waals surface area contributed by atoms with E-state index in [1.807, 2.05) is 30.3 Å². The lowest BCUT2D eigenvalue weighted by atomic mass is 10.2. The summed E-state index contributed by atoms with van der Waals surface area (Å²) in [4.78, 5) is 12.5. The molecule has 2 rings (SSSR count). The van der Waals surface area contributed by atoms with Crippen molar-refractivity contribution < 1.29 is 4.74 Å². The van der Waals surface area contributed by atoms with E-state index in [1.54, 1.807) is 0 Å². The molecule has 4 nitrogen and oxygen atoms in total. The first-order valence-electron chi connectivity index (χ1n) is 6.77. The highest BCUT2D eigenvalue weighted by Gasteiger charge is 2.03. The Morgan fingerprint density at radius 2 is 1.84 bits per heavy atom. The maximum atomic E-state index is 5.55. The van der Waals surface area contributed by atoms with Crippen LogP contribution in [0.2, 0.25) is 0 Å². The van der Waals surface area contributed by atoms with Crippen LogP contribution >= 0.6 is 0 Å². The quantitative estimate of drug-likeness (QED) is 0.712. The molecule has 100 valence electrons. The van der Waals surface area contributed by atoms with Gasteiger partial charge in [-0.25, -0.2) is 4.98 Å². The minimum absolute atomic E-state index is 0.408. The number of unbranched alkanes of at least 4 members (excludes halogenated alkanes) is 3. The average molecular weight is 257 g/mol. The second-order valence-corrected chi connectivity index (χ2v) is 4.37. The van der Waals surface area contributed by atoms with Gasteiger partial charge < -0.3 is 4.74 Å². The molecule has 0 aliphatic rings. The molecule has 0 aliphatic heterocycles. The molecule has 1 aromatic heterocycles. The molecule has 1 heterocycles. The molecule has 0 fully saturated rings. The van der Waals surface area contributed by atoms with Gasteiger partial charge in [-0.15, -0.1) is 0 Å². The highest BCUT2D eigenvalue weighted by Crippen LogP contribution is 2.15. The molecule has 0 radical (unpaired) electrons. The number of nitrogens with zero attached hydrogens (tertiary/aromatic N) is 3. The van der Waals surface area contributed by atoms with Gasteiger partial charge in [0.05, 0.1) is 6.61 Å². The van der Waals surface area contributed by atoms with E-state index in [2.05, 4.69) is 21.9 Å². The molecule has 2 aromatic rings. The van der Waals surface area contributed by atoms with Crippen LogP contribution in [0.4, 0.5) is 0 Å². The van der Waals surface area contributed by atoms with Crippen molar-refractivity contribution in [3.63, 3.8) is 0 Å². The molecule has 0 N–H and O–H groups in total. The van der Waals surface area contributed by atoms with Gasteiger partial charge in [-0.05, 0) is 6.42 Å². The smallest absolute Gasteiger partial charge is 0.319 e. The van der Waals surface area contributed by atoms with E-state index in [-0.39, 0.29) is 0 Å². The molecule has 0 amide bonds. The Kier molecular flexibility index (Phi) is 5.29. The van der Waals surface area contributed by atoms with E-state index < -0.39 is 0 Å². The fourth-order valence-corrected chi connectivity index (χ4v) is 1.77. The third-order valence-corrected chi connectivity index (χ3v) is 2.81. The number of ether oxygens (including phenoxy) is 1. The van der Waals surface area contributed by atoms with Crippen LogP contribution in [0, 0.1) is 0 Å². The summed E-state index contributed by atoms with van der Waals surface area (Å²) in [6, 6.07) is 10.2. The number of hydrogen-bond acceptors (Lipinski definition) is 4. The van der Waals surface area contributed by atoms with Crippen molar-refractivity contribution in [2.75, 3.05) is 6.61 Å². The predicted molar refractivity (Wildman–Crippen MR) is 74.9 cm³/mol. The average Bonchev–Trinajstić information content (AvgIpc) is 2.48. The molecule has 0 saturated carbocycles. The van der Waals surface area contributed by atoms with Crippen molar-refractivity contribution in [2.24, 2.45) is 0 Å². The van der Waals surface area contributed by atoms with E-state index in [0.717, 1.165) is 12.0 Å². The van der Waals surface area contributed by atoms with Gasteiger partial charge in [0.15, 0.2) is 5.82 Å². The van der Waals surface area contributed by atoms with E-state index in [4.69, 9.17) is 4.74 Å². The lowest BCUT2D eigenvalue weighted by Crippen LogP contribution is -2.02. The Bertz CT molecular complexity index is 488. The van der Waals surface area contributed by atoms with Gasteiger partial charge in [-0.1, -0.05) is 56.5 Å².